The first kappa shape index (κ1) is 52.5. The van der Waals surface area contributed by atoms with E-state index in [4.69, 9.17) is 9.47 Å². The fraction of sp³-hybridized carbons (Fsp3) is 0.556. The quantitative estimate of drug-likeness (QED) is 0.100. The highest BCUT2D eigenvalue weighted by molar-refractivity contribution is 7.89. The summed E-state index contributed by atoms with van der Waals surface area (Å²) in [6, 6.07) is 10.8. The molecule has 5 amide bonds. The van der Waals surface area contributed by atoms with Crippen LogP contribution in [0.2, 0.25) is 0 Å². The van der Waals surface area contributed by atoms with Crippen molar-refractivity contribution in [1.82, 2.24) is 30.6 Å². The SMILES string of the molecule is CCO[C@H](C[C@H](C(C)C)N(C)C(=O)[C@@H](NC(=O)OC(C)(C)C)[C@@H](C)CC)c1nc(C(=O)NC2Cc3ccccc3[C@H](C(=O)NS(=O)(=O)Cc3ccc(CNC(=O)C(F)(F)F)cc3)C2)cs1. The van der Waals surface area contributed by atoms with E-state index < -0.39 is 82.0 Å². The highest BCUT2D eigenvalue weighted by Gasteiger charge is 2.39. The zero-order chi connectivity index (χ0) is 48.4. The van der Waals surface area contributed by atoms with E-state index >= 15 is 0 Å². The summed E-state index contributed by atoms with van der Waals surface area (Å²) in [7, 11) is -2.55. The van der Waals surface area contributed by atoms with Crippen molar-refractivity contribution >= 4 is 51.1 Å². The number of hydrogen-bond acceptors (Lipinski definition) is 11. The van der Waals surface area contributed by atoms with Crippen LogP contribution < -0.4 is 20.7 Å². The van der Waals surface area contributed by atoms with E-state index in [-0.39, 0.29) is 41.5 Å². The summed E-state index contributed by atoms with van der Waals surface area (Å²) < 4.78 is 77.8. The van der Waals surface area contributed by atoms with Crippen LogP contribution in [0.1, 0.15) is 124 Å². The molecule has 1 aliphatic rings. The maximum absolute atomic E-state index is 14.1. The van der Waals surface area contributed by atoms with Crippen LogP contribution in [0, 0.1) is 11.8 Å². The zero-order valence-electron chi connectivity index (χ0n) is 38.2. The van der Waals surface area contributed by atoms with Gasteiger partial charge in [0, 0.05) is 44.1 Å². The van der Waals surface area contributed by atoms with E-state index in [1.165, 1.54) is 35.6 Å². The predicted molar refractivity (Wildman–Crippen MR) is 239 cm³/mol. The fourth-order valence-corrected chi connectivity index (χ4v) is 9.54. The van der Waals surface area contributed by atoms with Crippen LogP contribution in [0.25, 0.3) is 0 Å². The monoisotopic (exact) mass is 950 g/mol. The lowest BCUT2D eigenvalue weighted by molar-refractivity contribution is -0.173. The smallest absolute Gasteiger partial charge is 0.444 e. The number of fused-ring (bicyclic) bond motifs is 1. The second kappa shape index (κ2) is 22.4. The van der Waals surface area contributed by atoms with Crippen molar-refractivity contribution in [3.8, 4) is 0 Å². The molecular formula is C45H61F3N6O9S2. The molecule has 0 spiro atoms. The third-order valence-electron chi connectivity index (χ3n) is 11.0. The zero-order valence-corrected chi connectivity index (χ0v) is 39.8. The summed E-state index contributed by atoms with van der Waals surface area (Å²) in [5, 5.41) is 9.64. The second-order valence-corrected chi connectivity index (χ2v) is 20.2. The molecule has 4 N–H and O–H groups in total. The Morgan fingerprint density at radius 2 is 1.62 bits per heavy atom. The normalized spacial score (nSPS) is 17.2. The van der Waals surface area contributed by atoms with E-state index in [9.17, 15) is 45.6 Å². The number of amides is 5. The number of aromatic nitrogens is 1. The number of hydrogen-bond donors (Lipinski definition) is 4. The maximum Gasteiger partial charge on any atom is 0.471 e. The number of ether oxygens (including phenoxy) is 2. The molecule has 0 radical (unpaired) electrons. The van der Waals surface area contributed by atoms with Crippen LogP contribution in [0.4, 0.5) is 18.0 Å². The average molecular weight is 951 g/mol. The van der Waals surface area contributed by atoms with Gasteiger partial charge in [-0.3, -0.25) is 23.9 Å². The lowest BCUT2D eigenvalue weighted by atomic mass is 9.79. The number of carbonyl (C=O) groups is 5. The van der Waals surface area contributed by atoms with E-state index in [2.05, 4.69) is 20.3 Å². The Balaban J connectivity index is 1.44. The van der Waals surface area contributed by atoms with E-state index in [0.717, 1.165) is 5.56 Å². The molecule has 0 saturated heterocycles. The van der Waals surface area contributed by atoms with E-state index in [0.29, 0.717) is 42.0 Å². The van der Waals surface area contributed by atoms with Crippen LogP contribution in [0.3, 0.4) is 0 Å². The minimum atomic E-state index is -5.04. The van der Waals surface area contributed by atoms with Crippen molar-refractivity contribution in [3.05, 3.63) is 86.9 Å². The molecule has 6 atom stereocenters. The third kappa shape index (κ3) is 15.2. The standard InChI is InChI=1S/C45H61F3N6O9S2/c1-10-27(5)37(52-43(59)63-44(6,7)8)41(57)54(9)35(26(3)4)22-36(62-11-2)40-51-34(24-64-40)39(56)50-31-20-30-14-12-13-15-32(30)33(21-31)38(55)53-65(60,61)25-29-18-16-28(17-19-29)23-49-42(58)45(46,47)48/h12-19,24,26-27,31,33,35-37H,10-11,20-23,25H2,1-9H3,(H,49,58)(H,50,56)(H,52,59)(H,53,55)/t27-,31?,33+,35+,36+,37-/m0/s1. The van der Waals surface area contributed by atoms with Crippen molar-refractivity contribution in [3.63, 3.8) is 0 Å². The Bertz CT molecular complexity index is 2250. The largest absolute Gasteiger partial charge is 0.471 e. The lowest BCUT2D eigenvalue weighted by Crippen LogP contribution is -2.54. The van der Waals surface area contributed by atoms with Gasteiger partial charge in [0.15, 0.2) is 0 Å². The number of sulfonamides is 1. The van der Waals surface area contributed by atoms with Crippen LogP contribution in [-0.2, 0) is 52.6 Å². The molecule has 4 rings (SSSR count). The molecule has 0 bridgehead atoms. The topological polar surface area (TPSA) is 202 Å². The average Bonchev–Trinajstić information content (AvgIpc) is 3.72. The third-order valence-corrected chi connectivity index (χ3v) is 13.2. The van der Waals surface area contributed by atoms with Crippen molar-refractivity contribution in [2.45, 2.75) is 135 Å². The molecular weight excluding hydrogens is 890 g/mol. The molecule has 20 heteroatoms. The second-order valence-electron chi connectivity index (χ2n) is 17.6. The number of thiazole rings is 1. The number of likely N-dealkylation sites (N-methyl/N-ethyl adjacent to an activating group) is 1. The molecule has 0 saturated carbocycles. The minimum Gasteiger partial charge on any atom is -0.444 e. The first-order valence-electron chi connectivity index (χ1n) is 21.5. The summed E-state index contributed by atoms with van der Waals surface area (Å²) >= 11 is 1.23. The van der Waals surface area contributed by atoms with Crippen molar-refractivity contribution in [1.29, 1.82) is 0 Å². The van der Waals surface area contributed by atoms with Gasteiger partial charge in [0.1, 0.15) is 28.4 Å². The van der Waals surface area contributed by atoms with Crippen LogP contribution in [0.5, 0.6) is 0 Å². The van der Waals surface area contributed by atoms with Gasteiger partial charge >= 0.3 is 18.2 Å². The highest BCUT2D eigenvalue weighted by atomic mass is 32.2. The van der Waals surface area contributed by atoms with Crippen molar-refractivity contribution in [2.75, 3.05) is 13.7 Å². The Hall–Kier alpha value is -5.08. The van der Waals surface area contributed by atoms with Gasteiger partial charge in [0.2, 0.25) is 21.8 Å². The first-order chi connectivity index (χ1) is 30.3. The molecule has 15 nitrogen and oxygen atoms in total. The molecule has 1 unspecified atom stereocenters. The molecule has 0 aliphatic heterocycles. The van der Waals surface area contributed by atoms with Crippen LogP contribution in [-0.4, -0.2) is 91.6 Å². The number of alkyl halides is 3. The number of rotatable bonds is 19. The Kier molecular flexibility index (Phi) is 18.1. The number of alkyl carbamates (subject to hydrolysis) is 1. The molecule has 1 aromatic heterocycles. The fourth-order valence-electron chi connectivity index (χ4n) is 7.53. The van der Waals surface area contributed by atoms with Crippen LogP contribution >= 0.6 is 11.3 Å². The van der Waals surface area contributed by atoms with Crippen molar-refractivity contribution in [2.24, 2.45) is 11.8 Å². The van der Waals surface area contributed by atoms with Gasteiger partial charge in [-0.25, -0.2) is 18.2 Å². The van der Waals surface area contributed by atoms with Gasteiger partial charge < -0.3 is 30.3 Å². The van der Waals surface area contributed by atoms with Gasteiger partial charge in [-0.2, -0.15) is 13.2 Å². The molecule has 1 heterocycles. The summed E-state index contributed by atoms with van der Waals surface area (Å²) in [4.78, 5) is 71.7. The number of carbonyl (C=O) groups excluding carboxylic acids is 5. The number of nitrogens with one attached hydrogen (secondary N) is 4. The number of benzene rings is 2. The lowest BCUT2D eigenvalue weighted by Gasteiger charge is -2.37. The van der Waals surface area contributed by atoms with E-state index in [1.807, 2.05) is 34.6 Å². The Morgan fingerprint density at radius 1 is 0.969 bits per heavy atom. The summed E-state index contributed by atoms with van der Waals surface area (Å²) in [5.74, 6) is -5.44. The number of halogens is 3. The van der Waals surface area contributed by atoms with Gasteiger partial charge in [0.05, 0.1) is 11.7 Å². The predicted octanol–water partition coefficient (Wildman–Crippen LogP) is 6.69. The summed E-state index contributed by atoms with van der Waals surface area (Å²) in [5.41, 5.74) is 1.30. The minimum absolute atomic E-state index is 0.0337. The molecule has 0 fully saturated rings. The molecule has 3 aromatic rings. The van der Waals surface area contributed by atoms with Crippen molar-refractivity contribution < 1.29 is 55.0 Å². The van der Waals surface area contributed by atoms with Gasteiger partial charge in [-0.1, -0.05) is 82.6 Å². The molecule has 1 aliphatic carbocycles. The van der Waals surface area contributed by atoms with Gasteiger partial charge in [-0.05, 0) is 74.6 Å². The highest BCUT2D eigenvalue weighted by Crippen LogP contribution is 2.34. The maximum atomic E-state index is 14.1. The summed E-state index contributed by atoms with van der Waals surface area (Å²) in [6.07, 6.45) is -4.89. The molecule has 2 aromatic carbocycles. The summed E-state index contributed by atoms with van der Waals surface area (Å²) in [6.45, 7) is 14.8. The number of nitrogens with zero attached hydrogens (tertiary/aromatic N) is 2. The first-order valence-corrected chi connectivity index (χ1v) is 24.0. The van der Waals surface area contributed by atoms with Crippen LogP contribution in [0.15, 0.2) is 53.9 Å². The van der Waals surface area contributed by atoms with Gasteiger partial charge in [-0.15, -0.1) is 11.3 Å². The Labute approximate surface area is 383 Å². The van der Waals surface area contributed by atoms with Gasteiger partial charge in [0.25, 0.3) is 5.91 Å². The Morgan fingerprint density at radius 3 is 2.22 bits per heavy atom. The van der Waals surface area contributed by atoms with E-state index in [1.54, 1.807) is 67.7 Å². The molecule has 65 heavy (non-hydrogen) atoms. The molecule has 358 valence electrons.